The highest BCUT2D eigenvalue weighted by molar-refractivity contribution is 6.31. The second kappa shape index (κ2) is 5.88. The van der Waals surface area contributed by atoms with Gasteiger partial charge in [-0.1, -0.05) is 11.6 Å². The molecule has 0 aliphatic rings. The van der Waals surface area contributed by atoms with Crippen molar-refractivity contribution in [3.05, 3.63) is 58.1 Å². The zero-order valence-corrected chi connectivity index (χ0v) is 12.1. The summed E-state index contributed by atoms with van der Waals surface area (Å²) in [5.74, 6) is -0.492. The minimum atomic E-state index is -4.57. The fourth-order valence-electron chi connectivity index (χ4n) is 1.93. The molecule has 2 aromatic rings. The maximum Gasteiger partial charge on any atom is 0.416 e. The van der Waals surface area contributed by atoms with Gasteiger partial charge >= 0.3 is 6.18 Å². The van der Waals surface area contributed by atoms with Crippen LogP contribution in [-0.4, -0.2) is 12.9 Å². The first kappa shape index (κ1) is 16.2. The molecule has 2 rings (SSSR count). The van der Waals surface area contributed by atoms with E-state index in [1.165, 1.54) is 25.3 Å². The molecule has 0 aliphatic carbocycles. The van der Waals surface area contributed by atoms with E-state index in [4.69, 9.17) is 22.1 Å². The second-order valence-corrected chi connectivity index (χ2v) is 4.91. The first-order valence-electron chi connectivity index (χ1n) is 6.09. The largest absolute Gasteiger partial charge is 0.496 e. The molecular formula is C15H11ClF3NO2. The van der Waals surface area contributed by atoms with Crippen molar-refractivity contribution in [1.82, 2.24) is 0 Å². The van der Waals surface area contributed by atoms with Crippen LogP contribution in [0.25, 0.3) is 0 Å². The number of ketones is 1. The van der Waals surface area contributed by atoms with E-state index < -0.39 is 17.5 Å². The summed E-state index contributed by atoms with van der Waals surface area (Å²) in [4.78, 5) is 12.5. The topological polar surface area (TPSA) is 52.3 Å². The van der Waals surface area contributed by atoms with Crippen LogP contribution in [-0.2, 0) is 6.18 Å². The van der Waals surface area contributed by atoms with Gasteiger partial charge in [-0.25, -0.2) is 0 Å². The van der Waals surface area contributed by atoms with Crippen molar-refractivity contribution in [2.75, 3.05) is 12.8 Å². The van der Waals surface area contributed by atoms with Crippen LogP contribution in [0.1, 0.15) is 21.5 Å². The lowest BCUT2D eigenvalue weighted by Gasteiger charge is -2.12. The third kappa shape index (κ3) is 3.17. The third-order valence-electron chi connectivity index (χ3n) is 3.03. The number of rotatable bonds is 3. The summed E-state index contributed by atoms with van der Waals surface area (Å²) in [6.07, 6.45) is -4.57. The number of nitrogen functional groups attached to an aromatic ring is 1. The Morgan fingerprint density at radius 3 is 2.41 bits per heavy atom. The molecule has 0 atom stereocenters. The number of anilines is 1. The van der Waals surface area contributed by atoms with Crippen molar-refractivity contribution in [2.45, 2.75) is 6.18 Å². The van der Waals surface area contributed by atoms with Crippen LogP contribution in [0.4, 0.5) is 18.9 Å². The molecule has 2 aromatic carbocycles. The predicted octanol–water partition coefficient (Wildman–Crippen LogP) is 4.18. The average Bonchev–Trinajstić information content (AvgIpc) is 2.45. The molecule has 0 amide bonds. The average molecular weight is 330 g/mol. The SMILES string of the molecule is COc1ccc(Cl)cc1C(=O)c1cc(C(F)(F)F)ccc1N. The van der Waals surface area contributed by atoms with E-state index in [1.54, 1.807) is 0 Å². The number of benzene rings is 2. The van der Waals surface area contributed by atoms with Crippen molar-refractivity contribution >= 4 is 23.1 Å². The molecule has 7 heteroatoms. The van der Waals surface area contributed by atoms with Crippen molar-refractivity contribution < 1.29 is 22.7 Å². The maximum absolute atomic E-state index is 12.8. The molecule has 0 aliphatic heterocycles. The fraction of sp³-hybridized carbons (Fsp3) is 0.133. The van der Waals surface area contributed by atoms with Gasteiger partial charge in [0.15, 0.2) is 5.78 Å². The monoisotopic (exact) mass is 329 g/mol. The Morgan fingerprint density at radius 2 is 1.82 bits per heavy atom. The van der Waals surface area contributed by atoms with Gasteiger partial charge in [0.05, 0.1) is 18.2 Å². The summed E-state index contributed by atoms with van der Waals surface area (Å²) < 4.78 is 43.4. The standard InChI is InChI=1S/C15H11ClF3NO2/c1-22-13-5-3-9(16)7-11(13)14(21)10-6-8(15(17,18)19)2-4-12(10)20/h2-7H,20H2,1H3. The second-order valence-electron chi connectivity index (χ2n) is 4.47. The summed E-state index contributed by atoms with van der Waals surface area (Å²) in [7, 11) is 1.34. The number of ether oxygens (including phenoxy) is 1. The Balaban J connectivity index is 2.57. The van der Waals surface area contributed by atoms with Crippen LogP contribution < -0.4 is 10.5 Å². The number of methoxy groups -OCH3 is 1. The van der Waals surface area contributed by atoms with E-state index in [-0.39, 0.29) is 27.6 Å². The van der Waals surface area contributed by atoms with Crippen LogP contribution in [0.3, 0.4) is 0 Å². The van der Waals surface area contributed by atoms with E-state index in [0.29, 0.717) is 0 Å². The maximum atomic E-state index is 12.8. The van der Waals surface area contributed by atoms with E-state index >= 15 is 0 Å². The molecule has 0 fully saturated rings. The number of nitrogens with two attached hydrogens (primary N) is 1. The summed E-state index contributed by atoms with van der Waals surface area (Å²) in [6, 6.07) is 6.88. The highest BCUT2D eigenvalue weighted by Crippen LogP contribution is 2.33. The van der Waals surface area contributed by atoms with Gasteiger partial charge in [-0.15, -0.1) is 0 Å². The van der Waals surface area contributed by atoms with Crippen molar-refractivity contribution in [1.29, 1.82) is 0 Å². The Hall–Kier alpha value is -2.21. The zero-order valence-electron chi connectivity index (χ0n) is 11.4. The summed E-state index contributed by atoms with van der Waals surface area (Å²) in [5.41, 5.74) is 4.42. The van der Waals surface area contributed by atoms with Gasteiger partial charge in [0.2, 0.25) is 0 Å². The minimum absolute atomic E-state index is 0.0426. The van der Waals surface area contributed by atoms with E-state index in [2.05, 4.69) is 0 Å². The van der Waals surface area contributed by atoms with Gasteiger partial charge in [-0.2, -0.15) is 13.2 Å². The molecule has 3 nitrogen and oxygen atoms in total. The third-order valence-corrected chi connectivity index (χ3v) is 3.27. The number of alkyl halides is 3. The van der Waals surface area contributed by atoms with E-state index in [1.807, 2.05) is 0 Å². The number of halogens is 4. The Bertz CT molecular complexity index is 729. The van der Waals surface area contributed by atoms with Gasteiger partial charge < -0.3 is 10.5 Å². The molecule has 2 N–H and O–H groups in total. The minimum Gasteiger partial charge on any atom is -0.496 e. The summed E-state index contributed by atoms with van der Waals surface area (Å²) in [6.45, 7) is 0. The van der Waals surface area contributed by atoms with Crippen molar-refractivity contribution in [2.24, 2.45) is 0 Å². The first-order chi connectivity index (χ1) is 10.2. The zero-order chi connectivity index (χ0) is 16.5. The highest BCUT2D eigenvalue weighted by atomic mass is 35.5. The molecule has 0 radical (unpaired) electrons. The predicted molar refractivity (Wildman–Crippen MR) is 77.3 cm³/mol. The Labute approximate surface area is 129 Å². The number of hydrogen-bond acceptors (Lipinski definition) is 3. The van der Waals surface area contributed by atoms with Crippen molar-refractivity contribution in [3.8, 4) is 5.75 Å². The Morgan fingerprint density at radius 1 is 1.14 bits per heavy atom. The molecule has 0 aromatic heterocycles. The molecule has 116 valence electrons. The van der Waals surface area contributed by atoms with Gasteiger partial charge in [0.25, 0.3) is 0 Å². The molecule has 0 spiro atoms. The fourth-order valence-corrected chi connectivity index (χ4v) is 2.10. The van der Waals surface area contributed by atoms with Crippen molar-refractivity contribution in [3.63, 3.8) is 0 Å². The lowest BCUT2D eigenvalue weighted by molar-refractivity contribution is -0.137. The van der Waals surface area contributed by atoms with Crippen LogP contribution in [0, 0.1) is 0 Å². The van der Waals surface area contributed by atoms with Crippen LogP contribution in [0.2, 0.25) is 5.02 Å². The highest BCUT2D eigenvalue weighted by Gasteiger charge is 2.32. The van der Waals surface area contributed by atoms with Gasteiger partial charge in [-0.3, -0.25) is 4.79 Å². The number of hydrogen-bond donors (Lipinski definition) is 1. The van der Waals surface area contributed by atoms with Crippen LogP contribution >= 0.6 is 11.6 Å². The van der Waals surface area contributed by atoms with Crippen LogP contribution in [0.15, 0.2) is 36.4 Å². The first-order valence-corrected chi connectivity index (χ1v) is 6.47. The number of carbonyl (C=O) groups is 1. The smallest absolute Gasteiger partial charge is 0.416 e. The van der Waals surface area contributed by atoms with E-state index in [0.717, 1.165) is 18.2 Å². The van der Waals surface area contributed by atoms with Crippen LogP contribution in [0.5, 0.6) is 5.75 Å². The normalized spacial score (nSPS) is 11.3. The Kier molecular flexibility index (Phi) is 4.32. The lowest BCUT2D eigenvalue weighted by Crippen LogP contribution is -2.11. The van der Waals surface area contributed by atoms with Gasteiger partial charge in [0.1, 0.15) is 5.75 Å². The molecule has 0 bridgehead atoms. The molecule has 0 unspecified atom stereocenters. The van der Waals surface area contributed by atoms with Gasteiger partial charge in [0, 0.05) is 16.3 Å². The molecular weight excluding hydrogens is 319 g/mol. The molecule has 0 heterocycles. The lowest BCUT2D eigenvalue weighted by atomic mass is 9.98. The van der Waals surface area contributed by atoms with E-state index in [9.17, 15) is 18.0 Å². The molecule has 22 heavy (non-hydrogen) atoms. The quantitative estimate of drug-likeness (QED) is 0.679. The summed E-state index contributed by atoms with van der Waals surface area (Å²) in [5, 5.41) is 0.259. The summed E-state index contributed by atoms with van der Waals surface area (Å²) >= 11 is 5.83. The molecule has 0 saturated carbocycles. The molecule has 0 saturated heterocycles. The van der Waals surface area contributed by atoms with Gasteiger partial charge in [-0.05, 0) is 36.4 Å². The number of carbonyl (C=O) groups excluding carboxylic acids is 1.